The zero-order valence-corrected chi connectivity index (χ0v) is 10.6. The maximum absolute atomic E-state index is 11.8. The van der Waals surface area contributed by atoms with Crippen LogP contribution in [0.25, 0.3) is 0 Å². The van der Waals surface area contributed by atoms with Crippen LogP contribution in [-0.2, 0) is 11.4 Å². The van der Waals surface area contributed by atoms with Gasteiger partial charge in [0.15, 0.2) is 0 Å². The van der Waals surface area contributed by atoms with E-state index < -0.39 is 0 Å². The highest BCUT2D eigenvalue weighted by Gasteiger charge is 2.07. The van der Waals surface area contributed by atoms with Gasteiger partial charge in [-0.2, -0.15) is 0 Å². The van der Waals surface area contributed by atoms with Crippen LogP contribution in [0.3, 0.4) is 0 Å². The van der Waals surface area contributed by atoms with Crippen LogP contribution in [0.2, 0.25) is 0 Å². The molecule has 4 heteroatoms. The summed E-state index contributed by atoms with van der Waals surface area (Å²) in [6.45, 7) is 2.04. The summed E-state index contributed by atoms with van der Waals surface area (Å²) in [6.07, 6.45) is 0. The second-order valence-corrected chi connectivity index (χ2v) is 4.21. The van der Waals surface area contributed by atoms with Crippen LogP contribution < -0.4 is 5.48 Å². The fourth-order valence-corrected chi connectivity index (χ4v) is 1.61. The molecule has 2 N–H and O–H groups in total. The molecule has 0 atom stereocenters. The first-order valence-electron chi connectivity index (χ1n) is 5.92. The Morgan fingerprint density at radius 1 is 1.21 bits per heavy atom. The normalized spacial score (nSPS) is 10.2. The molecule has 0 aromatic heterocycles. The van der Waals surface area contributed by atoms with Gasteiger partial charge in [0.05, 0.1) is 6.61 Å². The molecule has 19 heavy (non-hydrogen) atoms. The average Bonchev–Trinajstić information content (AvgIpc) is 2.43. The quantitative estimate of drug-likeness (QED) is 0.828. The molecule has 0 aliphatic rings. The molecule has 4 nitrogen and oxygen atoms in total. The molecule has 0 fully saturated rings. The summed E-state index contributed by atoms with van der Waals surface area (Å²) < 4.78 is 0. The Kier molecular flexibility index (Phi) is 4.15. The predicted molar refractivity (Wildman–Crippen MR) is 71.5 cm³/mol. The number of hydroxylamine groups is 1. The van der Waals surface area contributed by atoms with Crippen molar-refractivity contribution < 1.29 is 14.7 Å². The summed E-state index contributed by atoms with van der Waals surface area (Å²) in [5.74, 6) is -0.166. The monoisotopic (exact) mass is 257 g/mol. The van der Waals surface area contributed by atoms with Gasteiger partial charge in [-0.1, -0.05) is 30.3 Å². The van der Waals surface area contributed by atoms with E-state index in [1.165, 1.54) is 6.07 Å². The van der Waals surface area contributed by atoms with Crippen molar-refractivity contribution in [3.63, 3.8) is 0 Å². The fraction of sp³-hybridized carbons (Fsp3) is 0.133. The van der Waals surface area contributed by atoms with Gasteiger partial charge in [-0.15, -0.1) is 0 Å². The molecule has 2 rings (SSSR count). The van der Waals surface area contributed by atoms with Gasteiger partial charge in [0.1, 0.15) is 5.75 Å². The van der Waals surface area contributed by atoms with Gasteiger partial charge in [-0.05, 0) is 36.2 Å². The number of aromatic hydroxyl groups is 1. The zero-order chi connectivity index (χ0) is 13.7. The van der Waals surface area contributed by atoms with E-state index >= 15 is 0 Å². The first-order valence-corrected chi connectivity index (χ1v) is 5.92. The lowest BCUT2D eigenvalue weighted by atomic mass is 10.1. The number of carbonyl (C=O) groups excluding carboxylic acids is 1. The number of carbonyl (C=O) groups is 1. The molecule has 0 saturated carbocycles. The number of hydrogen-bond acceptors (Lipinski definition) is 3. The fourth-order valence-electron chi connectivity index (χ4n) is 1.61. The molecule has 98 valence electrons. The van der Waals surface area contributed by atoms with Gasteiger partial charge in [-0.25, -0.2) is 5.48 Å². The van der Waals surface area contributed by atoms with Gasteiger partial charge >= 0.3 is 0 Å². The minimum atomic E-state index is -0.334. The van der Waals surface area contributed by atoms with E-state index in [0.29, 0.717) is 17.7 Å². The van der Waals surface area contributed by atoms with Crippen molar-refractivity contribution in [3.05, 3.63) is 65.2 Å². The highest BCUT2D eigenvalue weighted by molar-refractivity contribution is 5.93. The van der Waals surface area contributed by atoms with Crippen molar-refractivity contribution in [2.45, 2.75) is 13.5 Å². The van der Waals surface area contributed by atoms with Crippen LogP contribution >= 0.6 is 0 Å². The first-order chi connectivity index (χ1) is 9.16. The van der Waals surface area contributed by atoms with E-state index in [9.17, 15) is 9.90 Å². The maximum Gasteiger partial charge on any atom is 0.274 e. The summed E-state index contributed by atoms with van der Waals surface area (Å²) in [4.78, 5) is 16.9. The average molecular weight is 257 g/mol. The summed E-state index contributed by atoms with van der Waals surface area (Å²) in [5.41, 5.74) is 4.45. The van der Waals surface area contributed by atoms with Gasteiger partial charge in [0.25, 0.3) is 5.91 Å². The Morgan fingerprint density at radius 3 is 2.63 bits per heavy atom. The molecule has 0 radical (unpaired) electrons. The highest BCUT2D eigenvalue weighted by atomic mass is 16.6. The number of phenolic OH excluding ortho intramolecular Hbond substituents is 1. The summed E-state index contributed by atoms with van der Waals surface area (Å²) in [7, 11) is 0. The topological polar surface area (TPSA) is 58.6 Å². The second kappa shape index (κ2) is 6.02. The highest BCUT2D eigenvalue weighted by Crippen LogP contribution is 2.16. The van der Waals surface area contributed by atoms with Crippen molar-refractivity contribution in [1.82, 2.24) is 5.48 Å². The molecule has 0 saturated heterocycles. The van der Waals surface area contributed by atoms with E-state index in [4.69, 9.17) is 4.84 Å². The molecule has 0 aliphatic carbocycles. The predicted octanol–water partition coefficient (Wildman–Crippen LogP) is 2.56. The molecule has 2 aromatic carbocycles. The third-order valence-corrected chi connectivity index (χ3v) is 2.71. The molecule has 0 bridgehead atoms. The summed E-state index contributed by atoms with van der Waals surface area (Å²) >= 11 is 0. The Labute approximate surface area is 111 Å². The zero-order valence-electron chi connectivity index (χ0n) is 10.6. The summed E-state index contributed by atoms with van der Waals surface area (Å²) in [6, 6.07) is 14.2. The standard InChI is InChI=1S/C15H15NO3/c1-11-9-13(7-8-14(11)17)15(18)16-19-10-12-5-3-2-4-6-12/h2-9,17H,10H2,1H3,(H,16,18). The van der Waals surface area contributed by atoms with Crippen LogP contribution in [0.1, 0.15) is 21.5 Å². The molecular weight excluding hydrogens is 242 g/mol. The van der Waals surface area contributed by atoms with E-state index in [-0.39, 0.29) is 11.7 Å². The van der Waals surface area contributed by atoms with Crippen LogP contribution in [0.15, 0.2) is 48.5 Å². The lowest BCUT2D eigenvalue weighted by molar-refractivity contribution is 0.0233. The molecule has 1 amide bonds. The van der Waals surface area contributed by atoms with Crippen molar-refractivity contribution in [2.75, 3.05) is 0 Å². The Bertz CT molecular complexity index is 567. The molecule has 0 aliphatic heterocycles. The SMILES string of the molecule is Cc1cc(C(=O)NOCc2ccccc2)ccc1O. The van der Waals surface area contributed by atoms with Gasteiger partial charge in [0.2, 0.25) is 0 Å². The molecule has 0 unspecified atom stereocenters. The Hall–Kier alpha value is -2.33. The van der Waals surface area contributed by atoms with Gasteiger partial charge in [0, 0.05) is 5.56 Å². The molecule has 2 aromatic rings. The third kappa shape index (κ3) is 3.56. The lowest BCUT2D eigenvalue weighted by Gasteiger charge is -2.07. The number of aryl methyl sites for hydroxylation is 1. The lowest BCUT2D eigenvalue weighted by Crippen LogP contribution is -2.23. The largest absolute Gasteiger partial charge is 0.508 e. The van der Waals surface area contributed by atoms with Crippen molar-refractivity contribution in [1.29, 1.82) is 0 Å². The van der Waals surface area contributed by atoms with Crippen molar-refractivity contribution in [3.8, 4) is 5.75 Å². The summed E-state index contributed by atoms with van der Waals surface area (Å²) in [5, 5.41) is 9.39. The number of benzene rings is 2. The van der Waals surface area contributed by atoms with Crippen molar-refractivity contribution >= 4 is 5.91 Å². The molecule has 0 heterocycles. The second-order valence-electron chi connectivity index (χ2n) is 4.21. The van der Waals surface area contributed by atoms with E-state index in [1.807, 2.05) is 30.3 Å². The van der Waals surface area contributed by atoms with Crippen LogP contribution in [0.5, 0.6) is 5.75 Å². The molecular formula is C15H15NO3. The van der Waals surface area contributed by atoms with E-state index in [1.54, 1.807) is 19.1 Å². The van der Waals surface area contributed by atoms with Gasteiger partial charge < -0.3 is 5.11 Å². The maximum atomic E-state index is 11.8. The van der Waals surface area contributed by atoms with Crippen LogP contribution in [0, 0.1) is 6.92 Å². The number of nitrogens with one attached hydrogen (secondary N) is 1. The molecule has 0 spiro atoms. The smallest absolute Gasteiger partial charge is 0.274 e. The van der Waals surface area contributed by atoms with Crippen LogP contribution in [-0.4, -0.2) is 11.0 Å². The number of rotatable bonds is 4. The Balaban J connectivity index is 1.89. The number of hydrogen-bond donors (Lipinski definition) is 2. The number of amides is 1. The minimum Gasteiger partial charge on any atom is -0.508 e. The minimum absolute atomic E-state index is 0.168. The Morgan fingerprint density at radius 2 is 1.95 bits per heavy atom. The van der Waals surface area contributed by atoms with Crippen molar-refractivity contribution in [2.24, 2.45) is 0 Å². The van der Waals surface area contributed by atoms with Gasteiger partial charge in [-0.3, -0.25) is 9.63 Å². The first kappa shape index (κ1) is 13.1. The van der Waals surface area contributed by atoms with Crippen LogP contribution in [0.4, 0.5) is 0 Å². The number of phenols is 1. The van der Waals surface area contributed by atoms with E-state index in [0.717, 1.165) is 5.56 Å². The van der Waals surface area contributed by atoms with E-state index in [2.05, 4.69) is 5.48 Å². The third-order valence-electron chi connectivity index (χ3n) is 2.71.